The first-order valence-electron chi connectivity index (χ1n) is 7.29. The summed E-state index contributed by atoms with van der Waals surface area (Å²) in [5, 5.41) is 3.41. The van der Waals surface area contributed by atoms with Gasteiger partial charge < -0.3 is 0 Å². The molecule has 2 aromatic carbocycles. The van der Waals surface area contributed by atoms with Gasteiger partial charge in [-0.3, -0.25) is 0 Å². The molecule has 0 radical (unpaired) electrons. The van der Waals surface area contributed by atoms with Gasteiger partial charge in [-0.2, -0.15) is 31.2 Å². The minimum atomic E-state index is -4.80. The molecule has 0 amide bonds. The summed E-state index contributed by atoms with van der Waals surface area (Å²) in [5.74, 6) is 0. The highest BCUT2D eigenvalue weighted by molar-refractivity contribution is 7.92. The highest BCUT2D eigenvalue weighted by Crippen LogP contribution is 2.37. The summed E-state index contributed by atoms with van der Waals surface area (Å²) in [6, 6.07) is 12.1. The van der Waals surface area contributed by atoms with Gasteiger partial charge in [-0.05, 0) is 30.3 Å². The van der Waals surface area contributed by atoms with Crippen LogP contribution in [0.1, 0.15) is 5.69 Å². The largest absolute Gasteiger partial charge is 0.435 e. The third kappa shape index (κ3) is 4.05. The Morgan fingerprint density at radius 1 is 0.963 bits per heavy atom. The van der Waals surface area contributed by atoms with Crippen molar-refractivity contribution in [3.8, 4) is 11.3 Å². The Hall–Kier alpha value is -2.23. The second-order valence-electron chi connectivity index (χ2n) is 5.33. The summed E-state index contributed by atoms with van der Waals surface area (Å²) in [6.45, 7) is 0. The van der Waals surface area contributed by atoms with Crippen LogP contribution in [-0.2, 0) is 16.2 Å². The number of aromatic nitrogens is 2. The fourth-order valence-corrected chi connectivity index (χ4v) is 3.85. The average molecular weight is 436 g/mol. The fraction of sp³-hybridized carbons (Fsp3) is 0.0625. The SMILES string of the molecule is O=S(=O)(Nn1nc(C(F)(F)F)cc1-c1c(Cl)cccc1Cl)c1ccccc1. The monoisotopic (exact) mass is 435 g/mol. The molecule has 0 aliphatic rings. The molecule has 0 saturated heterocycles. The van der Waals surface area contributed by atoms with Crippen molar-refractivity contribution in [2.45, 2.75) is 11.1 Å². The standard InChI is InChI=1S/C16H10Cl2F3N3O2S/c17-11-7-4-8-12(18)15(11)13-9-14(16(19,20)21)22-24(13)23-27(25,26)10-5-2-1-3-6-10/h1-9,23H. The van der Waals surface area contributed by atoms with E-state index in [1.54, 1.807) is 6.07 Å². The molecule has 1 aromatic heterocycles. The van der Waals surface area contributed by atoms with Crippen LogP contribution < -0.4 is 4.83 Å². The minimum absolute atomic E-state index is 0.0135. The van der Waals surface area contributed by atoms with E-state index < -0.39 is 21.9 Å². The van der Waals surface area contributed by atoms with E-state index in [4.69, 9.17) is 23.2 Å². The fourth-order valence-electron chi connectivity index (χ4n) is 2.28. The van der Waals surface area contributed by atoms with Gasteiger partial charge in [0.2, 0.25) is 0 Å². The molecule has 1 N–H and O–H groups in total. The molecule has 1 heterocycles. The Labute approximate surface area is 162 Å². The highest BCUT2D eigenvalue weighted by Gasteiger charge is 2.36. The first-order chi connectivity index (χ1) is 12.6. The van der Waals surface area contributed by atoms with Crippen molar-refractivity contribution in [1.29, 1.82) is 0 Å². The van der Waals surface area contributed by atoms with Crippen molar-refractivity contribution in [2.75, 3.05) is 4.83 Å². The third-order valence-corrected chi connectivity index (χ3v) is 5.41. The number of alkyl halides is 3. The molecule has 0 atom stereocenters. The first kappa shape index (κ1) is 19.5. The number of hydrogen-bond donors (Lipinski definition) is 1. The van der Waals surface area contributed by atoms with Crippen LogP contribution in [0.3, 0.4) is 0 Å². The van der Waals surface area contributed by atoms with Crippen LogP contribution >= 0.6 is 23.2 Å². The van der Waals surface area contributed by atoms with Crippen molar-refractivity contribution in [1.82, 2.24) is 9.89 Å². The van der Waals surface area contributed by atoms with E-state index in [0.29, 0.717) is 10.9 Å². The summed E-state index contributed by atoms with van der Waals surface area (Å²) in [4.78, 5) is 2.36. The molecule has 27 heavy (non-hydrogen) atoms. The van der Waals surface area contributed by atoms with Crippen molar-refractivity contribution < 1.29 is 21.6 Å². The van der Waals surface area contributed by atoms with Crippen LogP contribution in [0.2, 0.25) is 10.0 Å². The van der Waals surface area contributed by atoms with E-state index in [2.05, 4.69) is 5.10 Å². The number of sulfonamides is 1. The molecular weight excluding hydrogens is 426 g/mol. The maximum absolute atomic E-state index is 13.1. The number of rotatable bonds is 4. The topological polar surface area (TPSA) is 64.0 Å². The lowest BCUT2D eigenvalue weighted by atomic mass is 10.1. The van der Waals surface area contributed by atoms with Crippen LogP contribution in [0.4, 0.5) is 13.2 Å². The zero-order chi connectivity index (χ0) is 19.8. The van der Waals surface area contributed by atoms with E-state index in [-0.39, 0.29) is 26.2 Å². The number of halogens is 5. The summed E-state index contributed by atoms with van der Waals surface area (Å²) in [5.41, 5.74) is -1.54. The van der Waals surface area contributed by atoms with Gasteiger partial charge in [-0.25, -0.2) is 0 Å². The number of hydrogen-bond acceptors (Lipinski definition) is 3. The van der Waals surface area contributed by atoms with E-state index in [1.807, 2.05) is 4.83 Å². The van der Waals surface area contributed by atoms with Crippen molar-refractivity contribution >= 4 is 33.2 Å². The predicted molar refractivity (Wildman–Crippen MR) is 95.7 cm³/mol. The summed E-state index contributed by atoms with van der Waals surface area (Å²) in [6.07, 6.45) is -4.80. The lowest BCUT2D eigenvalue weighted by Crippen LogP contribution is -2.25. The van der Waals surface area contributed by atoms with Crippen LogP contribution in [0, 0.1) is 0 Å². The van der Waals surface area contributed by atoms with Crippen LogP contribution in [0.25, 0.3) is 11.3 Å². The van der Waals surface area contributed by atoms with Gasteiger partial charge >= 0.3 is 6.18 Å². The minimum Gasteiger partial charge on any atom is -0.200 e. The van der Waals surface area contributed by atoms with E-state index in [1.165, 1.54) is 42.5 Å². The zero-order valence-corrected chi connectivity index (χ0v) is 15.5. The Balaban J connectivity index is 2.17. The van der Waals surface area contributed by atoms with Crippen molar-refractivity contribution in [2.24, 2.45) is 0 Å². The molecule has 0 fully saturated rings. The Bertz CT molecular complexity index is 1060. The molecule has 5 nitrogen and oxygen atoms in total. The maximum Gasteiger partial charge on any atom is 0.435 e. The van der Waals surface area contributed by atoms with Gasteiger partial charge in [0.1, 0.15) is 0 Å². The lowest BCUT2D eigenvalue weighted by Gasteiger charge is -2.13. The van der Waals surface area contributed by atoms with E-state index >= 15 is 0 Å². The quantitative estimate of drug-likeness (QED) is 0.639. The number of benzene rings is 2. The lowest BCUT2D eigenvalue weighted by molar-refractivity contribution is -0.141. The molecule has 0 spiro atoms. The maximum atomic E-state index is 13.1. The van der Waals surface area contributed by atoms with E-state index in [9.17, 15) is 21.6 Å². The predicted octanol–water partition coefficient (Wildman–Crippen LogP) is 4.81. The van der Waals surface area contributed by atoms with Gasteiger partial charge in [0.25, 0.3) is 10.0 Å². The molecule has 0 bridgehead atoms. The smallest absolute Gasteiger partial charge is 0.200 e. The van der Waals surface area contributed by atoms with Crippen LogP contribution in [0.5, 0.6) is 0 Å². The van der Waals surface area contributed by atoms with Crippen LogP contribution in [-0.4, -0.2) is 18.3 Å². The third-order valence-electron chi connectivity index (χ3n) is 3.48. The van der Waals surface area contributed by atoms with Gasteiger partial charge in [-0.15, -0.1) is 5.10 Å². The Kier molecular flexibility index (Phi) is 5.11. The van der Waals surface area contributed by atoms with Gasteiger partial charge in [0.05, 0.1) is 20.6 Å². The Morgan fingerprint density at radius 3 is 2.11 bits per heavy atom. The normalized spacial score (nSPS) is 12.2. The van der Waals surface area contributed by atoms with Crippen molar-refractivity contribution in [3.05, 3.63) is 70.3 Å². The highest BCUT2D eigenvalue weighted by atomic mass is 35.5. The molecule has 3 aromatic rings. The molecule has 11 heteroatoms. The molecule has 0 unspecified atom stereocenters. The average Bonchev–Trinajstić information content (AvgIpc) is 2.99. The molecule has 0 aliphatic carbocycles. The van der Waals surface area contributed by atoms with Crippen molar-refractivity contribution in [3.63, 3.8) is 0 Å². The molecule has 142 valence electrons. The summed E-state index contributed by atoms with van der Waals surface area (Å²) in [7, 11) is -4.20. The summed E-state index contributed by atoms with van der Waals surface area (Å²) < 4.78 is 64.4. The van der Waals surface area contributed by atoms with Gasteiger partial charge in [0.15, 0.2) is 5.69 Å². The second-order valence-corrected chi connectivity index (χ2v) is 7.80. The number of nitrogens with zero attached hydrogens (tertiary/aromatic N) is 2. The van der Waals surface area contributed by atoms with Crippen LogP contribution in [0.15, 0.2) is 59.5 Å². The van der Waals surface area contributed by atoms with Gasteiger partial charge in [0, 0.05) is 5.56 Å². The molecule has 0 saturated carbocycles. The van der Waals surface area contributed by atoms with E-state index in [0.717, 1.165) is 0 Å². The van der Waals surface area contributed by atoms with Gasteiger partial charge in [-0.1, -0.05) is 47.5 Å². The number of nitrogens with one attached hydrogen (secondary N) is 1. The summed E-state index contributed by atoms with van der Waals surface area (Å²) >= 11 is 12.1. The molecule has 3 rings (SSSR count). The molecular formula is C16H10Cl2F3N3O2S. The second kappa shape index (κ2) is 7.06. The zero-order valence-electron chi connectivity index (χ0n) is 13.2. The Morgan fingerprint density at radius 2 is 1.56 bits per heavy atom. The first-order valence-corrected chi connectivity index (χ1v) is 9.53. The molecule has 0 aliphatic heterocycles.